The highest BCUT2D eigenvalue weighted by atomic mass is 19.4. The number of aliphatic hydroxyl groups is 1. The normalized spacial score (nSPS) is 17.7. The van der Waals surface area contributed by atoms with Gasteiger partial charge in [0.05, 0.1) is 30.9 Å². The van der Waals surface area contributed by atoms with Crippen LogP contribution in [0.15, 0.2) is 66.7 Å². The van der Waals surface area contributed by atoms with Crippen LogP contribution in [-0.4, -0.2) is 72.8 Å². The minimum absolute atomic E-state index is 0.0771. The van der Waals surface area contributed by atoms with Crippen molar-refractivity contribution < 1.29 is 37.3 Å². The molecule has 236 valence electrons. The molecule has 0 fully saturated rings. The lowest BCUT2D eigenvalue weighted by atomic mass is 9.99. The zero-order valence-corrected chi connectivity index (χ0v) is 25.0. The van der Waals surface area contributed by atoms with E-state index < -0.39 is 23.8 Å². The molecule has 3 amide bonds. The van der Waals surface area contributed by atoms with Crippen LogP contribution in [-0.2, 0) is 12.7 Å². The summed E-state index contributed by atoms with van der Waals surface area (Å²) in [6.07, 6.45) is -4.79. The number of nitrogens with one attached hydrogen (secondary N) is 2. The molecule has 3 aromatic rings. The Hall–Kier alpha value is -4.29. The molecule has 1 heterocycles. The van der Waals surface area contributed by atoms with Crippen molar-refractivity contribution in [3.05, 3.63) is 83.4 Å². The summed E-state index contributed by atoms with van der Waals surface area (Å²) in [6, 6.07) is 15.4. The number of carbonyl (C=O) groups excluding carboxylic acids is 2. The first-order valence-electron chi connectivity index (χ1n) is 14.2. The molecule has 1 aliphatic rings. The molecular weight excluding hydrogens is 577 g/mol. The number of aliphatic hydroxyl groups excluding tert-OH is 1. The van der Waals surface area contributed by atoms with Crippen LogP contribution in [0.1, 0.15) is 35.3 Å². The van der Waals surface area contributed by atoms with Gasteiger partial charge in [-0.2, -0.15) is 13.2 Å². The molecular formula is C32H37F3N4O5. The van der Waals surface area contributed by atoms with Gasteiger partial charge in [-0.1, -0.05) is 19.1 Å². The number of hydrogen-bond donors (Lipinski definition) is 3. The fourth-order valence-electron chi connectivity index (χ4n) is 4.97. The first-order valence-corrected chi connectivity index (χ1v) is 14.2. The van der Waals surface area contributed by atoms with Gasteiger partial charge < -0.3 is 30.1 Å². The predicted molar refractivity (Wildman–Crippen MR) is 161 cm³/mol. The van der Waals surface area contributed by atoms with Crippen molar-refractivity contribution in [1.29, 1.82) is 0 Å². The largest absolute Gasteiger partial charge is 0.497 e. The van der Waals surface area contributed by atoms with Gasteiger partial charge in [0, 0.05) is 36.9 Å². The number of anilines is 2. The van der Waals surface area contributed by atoms with Crippen LogP contribution in [0.2, 0.25) is 0 Å². The van der Waals surface area contributed by atoms with Crippen molar-refractivity contribution in [2.45, 2.75) is 38.7 Å². The van der Waals surface area contributed by atoms with Crippen LogP contribution in [0.3, 0.4) is 0 Å². The number of alkyl halides is 3. The van der Waals surface area contributed by atoms with Crippen molar-refractivity contribution >= 4 is 23.3 Å². The molecule has 0 aliphatic carbocycles. The highest BCUT2D eigenvalue weighted by Crippen LogP contribution is 2.32. The Bertz CT molecular complexity index is 1430. The number of halogens is 3. The average Bonchev–Trinajstić information content (AvgIpc) is 2.99. The van der Waals surface area contributed by atoms with E-state index in [1.165, 1.54) is 6.07 Å². The summed E-state index contributed by atoms with van der Waals surface area (Å²) in [6.45, 7) is 5.09. The quantitative estimate of drug-likeness (QED) is 0.285. The highest BCUT2D eigenvalue weighted by Gasteiger charge is 2.34. The van der Waals surface area contributed by atoms with E-state index >= 15 is 0 Å². The molecule has 0 saturated carbocycles. The Labute approximate surface area is 254 Å². The first kappa shape index (κ1) is 32.6. The average molecular weight is 615 g/mol. The minimum Gasteiger partial charge on any atom is -0.497 e. The third-order valence-electron chi connectivity index (χ3n) is 7.50. The molecule has 44 heavy (non-hydrogen) atoms. The van der Waals surface area contributed by atoms with Crippen LogP contribution < -0.4 is 20.1 Å². The summed E-state index contributed by atoms with van der Waals surface area (Å²) in [4.78, 5) is 30.1. The minimum atomic E-state index is -4.49. The summed E-state index contributed by atoms with van der Waals surface area (Å²) >= 11 is 0. The van der Waals surface area contributed by atoms with E-state index in [2.05, 4.69) is 15.5 Å². The van der Waals surface area contributed by atoms with Crippen molar-refractivity contribution in [3.8, 4) is 11.5 Å². The molecule has 0 aromatic heterocycles. The number of carbonyl (C=O) groups is 2. The van der Waals surface area contributed by atoms with Crippen LogP contribution >= 0.6 is 0 Å². The van der Waals surface area contributed by atoms with Crippen molar-refractivity contribution in [3.63, 3.8) is 0 Å². The summed E-state index contributed by atoms with van der Waals surface area (Å²) in [5, 5.41) is 15.0. The fourth-order valence-corrected chi connectivity index (χ4v) is 4.97. The second-order valence-corrected chi connectivity index (χ2v) is 11.0. The molecule has 3 aromatic carbocycles. The van der Waals surface area contributed by atoms with Crippen molar-refractivity contribution in [2.24, 2.45) is 5.92 Å². The van der Waals surface area contributed by atoms with Gasteiger partial charge in [0.25, 0.3) is 5.91 Å². The predicted octanol–water partition coefficient (Wildman–Crippen LogP) is 5.71. The van der Waals surface area contributed by atoms with Crippen LogP contribution in [0.4, 0.5) is 29.3 Å². The van der Waals surface area contributed by atoms with E-state index in [1.54, 1.807) is 31.1 Å². The smallest absolute Gasteiger partial charge is 0.416 e. The van der Waals surface area contributed by atoms with E-state index in [-0.39, 0.29) is 41.5 Å². The Morgan fingerprint density at radius 3 is 2.34 bits per heavy atom. The number of likely N-dealkylation sites (N-methyl/N-ethyl adjacent to an activating group) is 1. The summed E-state index contributed by atoms with van der Waals surface area (Å²) < 4.78 is 50.2. The van der Waals surface area contributed by atoms with Crippen LogP contribution in [0.5, 0.6) is 11.5 Å². The maximum atomic E-state index is 13.7. The van der Waals surface area contributed by atoms with E-state index in [0.29, 0.717) is 25.4 Å². The lowest BCUT2D eigenvalue weighted by Gasteiger charge is -2.38. The lowest BCUT2D eigenvalue weighted by Crippen LogP contribution is -2.49. The Morgan fingerprint density at radius 1 is 1.09 bits per heavy atom. The number of ether oxygens (including phenoxy) is 2. The topological polar surface area (TPSA) is 103 Å². The summed E-state index contributed by atoms with van der Waals surface area (Å²) in [7, 11) is 3.61. The highest BCUT2D eigenvalue weighted by molar-refractivity contribution is 6.02. The number of nitrogens with zero attached hydrogens (tertiary/aromatic N) is 2. The van der Waals surface area contributed by atoms with Crippen molar-refractivity contribution in [2.75, 3.05) is 44.5 Å². The molecule has 1 aliphatic heterocycles. The molecule has 12 heteroatoms. The van der Waals surface area contributed by atoms with Gasteiger partial charge in [-0.05, 0) is 74.1 Å². The third-order valence-corrected chi connectivity index (χ3v) is 7.50. The van der Waals surface area contributed by atoms with Crippen molar-refractivity contribution in [1.82, 2.24) is 9.80 Å². The maximum Gasteiger partial charge on any atom is 0.416 e. The molecule has 4 rings (SSSR count). The zero-order chi connectivity index (χ0) is 32.0. The van der Waals surface area contributed by atoms with E-state index in [9.17, 15) is 27.9 Å². The third kappa shape index (κ3) is 8.20. The van der Waals surface area contributed by atoms with Gasteiger partial charge >= 0.3 is 12.2 Å². The Kier molecular flexibility index (Phi) is 10.4. The number of amides is 3. The zero-order valence-electron chi connectivity index (χ0n) is 25.0. The summed E-state index contributed by atoms with van der Waals surface area (Å²) in [5.74, 6) is 0.684. The van der Waals surface area contributed by atoms with Gasteiger partial charge in [0.1, 0.15) is 17.6 Å². The first-order chi connectivity index (χ1) is 20.9. The molecule has 9 nitrogen and oxygen atoms in total. The maximum absolute atomic E-state index is 13.7. The second kappa shape index (κ2) is 14.0. The molecule has 0 spiro atoms. The van der Waals surface area contributed by atoms with Gasteiger partial charge in [0.15, 0.2) is 0 Å². The number of benzene rings is 3. The van der Waals surface area contributed by atoms with E-state index in [4.69, 9.17) is 9.47 Å². The standard InChI is InChI=1S/C32H37F3N4O5/c1-20-16-39(21(2)19-40)30(41)27-15-25(37-31(42)36-24-9-7-23(8-10-24)32(33,34)35)11-14-28(27)44-29(20)18-38(3)17-22-5-12-26(43-4)13-6-22/h5-15,20-21,29,40H,16-19H2,1-4H3,(H2,36,37,42)/t20-,21-,29-/m1/s1. The molecule has 0 bridgehead atoms. The van der Waals surface area contributed by atoms with E-state index in [1.807, 2.05) is 38.2 Å². The summed E-state index contributed by atoms with van der Waals surface area (Å²) in [5.41, 5.74) is 0.934. The van der Waals surface area contributed by atoms with Gasteiger partial charge in [0.2, 0.25) is 0 Å². The SMILES string of the molecule is COc1ccc(CN(C)C[C@H]2Oc3ccc(NC(=O)Nc4ccc(C(F)(F)F)cc4)cc3C(=O)N([C@H](C)CO)C[C@H]2C)cc1. The van der Waals surface area contributed by atoms with Crippen LogP contribution in [0.25, 0.3) is 0 Å². The Morgan fingerprint density at radius 2 is 1.73 bits per heavy atom. The Balaban J connectivity index is 1.52. The molecule has 3 N–H and O–H groups in total. The molecule has 0 saturated heterocycles. The number of fused-ring (bicyclic) bond motifs is 1. The van der Waals surface area contributed by atoms with Gasteiger partial charge in [-0.25, -0.2) is 4.79 Å². The fraction of sp³-hybridized carbons (Fsp3) is 0.375. The molecule has 3 atom stereocenters. The lowest BCUT2D eigenvalue weighted by molar-refractivity contribution is -0.137. The molecule has 0 unspecified atom stereocenters. The van der Waals surface area contributed by atoms with Gasteiger partial charge in [-0.15, -0.1) is 0 Å². The second-order valence-electron chi connectivity index (χ2n) is 11.0. The number of urea groups is 1. The van der Waals surface area contributed by atoms with E-state index in [0.717, 1.165) is 35.6 Å². The number of rotatable bonds is 9. The van der Waals surface area contributed by atoms with Crippen LogP contribution in [0, 0.1) is 5.92 Å². The molecule has 0 radical (unpaired) electrons. The number of methoxy groups -OCH3 is 1. The van der Waals surface area contributed by atoms with Gasteiger partial charge in [-0.3, -0.25) is 9.69 Å². The monoisotopic (exact) mass is 614 g/mol. The number of hydrogen-bond acceptors (Lipinski definition) is 6.